The molecule has 5 nitrogen and oxygen atoms in total. The van der Waals surface area contributed by atoms with Crippen LogP contribution in [0.2, 0.25) is 0 Å². The Morgan fingerprint density at radius 2 is 2.00 bits per heavy atom. The Morgan fingerprint density at radius 1 is 1.22 bits per heavy atom. The molecule has 0 aromatic rings. The van der Waals surface area contributed by atoms with Crippen molar-refractivity contribution in [1.29, 1.82) is 0 Å². The van der Waals surface area contributed by atoms with E-state index in [0.717, 1.165) is 50.7 Å². The second kappa shape index (κ2) is 6.55. The third-order valence-electron chi connectivity index (χ3n) is 9.20. The van der Waals surface area contributed by atoms with Gasteiger partial charge in [0.2, 0.25) is 0 Å². The summed E-state index contributed by atoms with van der Waals surface area (Å²) in [6.45, 7) is 7.63. The van der Waals surface area contributed by atoms with E-state index in [2.05, 4.69) is 25.9 Å². The molecule has 0 bridgehead atoms. The van der Waals surface area contributed by atoms with Gasteiger partial charge in [-0.2, -0.15) is 0 Å². The van der Waals surface area contributed by atoms with Crippen molar-refractivity contribution < 1.29 is 14.7 Å². The average molecular weight is 377 g/mol. The molecule has 4 saturated carbocycles. The third-order valence-corrected chi connectivity index (χ3v) is 9.20. The van der Waals surface area contributed by atoms with Crippen LogP contribution in [0, 0.1) is 34.5 Å². The summed E-state index contributed by atoms with van der Waals surface area (Å²) in [6.07, 6.45) is 7.37. The Morgan fingerprint density at radius 3 is 2.74 bits per heavy atom. The summed E-state index contributed by atoms with van der Waals surface area (Å²) >= 11 is 0. The molecule has 5 heteroatoms. The van der Waals surface area contributed by atoms with Gasteiger partial charge in [0.25, 0.3) is 0 Å². The lowest BCUT2D eigenvalue weighted by Crippen LogP contribution is -2.65. The van der Waals surface area contributed by atoms with Gasteiger partial charge < -0.3 is 15.7 Å². The number of nitrogens with zero attached hydrogens (tertiary/aromatic N) is 1. The number of carbonyl (C=O) groups excluding carboxylic acids is 1. The molecule has 0 unspecified atom stereocenters. The first-order valence-corrected chi connectivity index (χ1v) is 10.9. The molecule has 3 N–H and O–H groups in total. The highest BCUT2D eigenvalue weighted by Crippen LogP contribution is 2.67. The zero-order valence-corrected chi connectivity index (χ0v) is 17.2. The molecule has 7 atom stereocenters. The van der Waals surface area contributed by atoms with Crippen LogP contribution in [0.1, 0.15) is 72.1 Å². The Hall–Kier alpha value is -0.940. The predicted octanol–water partition coefficient (Wildman–Crippen LogP) is 3.29. The monoisotopic (exact) mass is 376 g/mol. The molecule has 0 amide bonds. The first-order valence-electron chi connectivity index (χ1n) is 10.9. The van der Waals surface area contributed by atoms with E-state index in [9.17, 15) is 9.90 Å². The van der Waals surface area contributed by atoms with Crippen molar-refractivity contribution in [2.45, 2.75) is 77.7 Å². The number of hydrogen-bond donors (Lipinski definition) is 2. The highest BCUT2D eigenvalue weighted by Gasteiger charge is 2.66. The molecule has 0 spiro atoms. The lowest BCUT2D eigenvalue weighted by atomic mass is 9.41. The zero-order valence-electron chi connectivity index (χ0n) is 17.2. The molecule has 152 valence electrons. The van der Waals surface area contributed by atoms with E-state index in [-0.39, 0.29) is 16.7 Å². The summed E-state index contributed by atoms with van der Waals surface area (Å²) in [5, 5.41) is 16.2. The van der Waals surface area contributed by atoms with Gasteiger partial charge in [0, 0.05) is 30.2 Å². The van der Waals surface area contributed by atoms with Gasteiger partial charge in [-0.25, -0.2) is 0 Å². The quantitative estimate of drug-likeness (QED) is 0.585. The van der Waals surface area contributed by atoms with Crippen molar-refractivity contribution >= 4 is 11.5 Å². The first kappa shape index (κ1) is 19.4. The second-order valence-corrected chi connectivity index (χ2v) is 10.2. The van der Waals surface area contributed by atoms with Gasteiger partial charge in [0.15, 0.2) is 0 Å². The fraction of sp³-hybridized carbons (Fsp3) is 0.909. The normalized spacial score (nSPS) is 50.9. The third kappa shape index (κ3) is 2.64. The second-order valence-electron chi connectivity index (χ2n) is 10.2. The molecule has 0 aliphatic heterocycles. The summed E-state index contributed by atoms with van der Waals surface area (Å²) < 4.78 is 0. The van der Waals surface area contributed by atoms with Crippen LogP contribution in [-0.2, 0) is 9.63 Å². The highest BCUT2D eigenvalue weighted by atomic mass is 16.6. The number of oxime groups is 1. The smallest absolute Gasteiger partial charge is 0.139 e. The topological polar surface area (TPSA) is 84.9 Å². The van der Waals surface area contributed by atoms with E-state index in [0.29, 0.717) is 43.1 Å². The summed E-state index contributed by atoms with van der Waals surface area (Å²) in [6, 6.07) is 0. The maximum atomic E-state index is 12.6. The summed E-state index contributed by atoms with van der Waals surface area (Å²) in [4.78, 5) is 17.9. The molecule has 0 aromatic carbocycles. The summed E-state index contributed by atoms with van der Waals surface area (Å²) in [7, 11) is 0. The standard InChI is InChI=1S/C22H36N2O3/c1-14-12-16-17-4-5-19(25)20(17,2)8-7-18(16)21(3)9-6-15(13-22(14,21)26)24-27-11-10-23/h14,16-18,26H,4-13,23H2,1-3H3/t14-,16-,17-,18-,20-,21+,22-/m0/s1. The van der Waals surface area contributed by atoms with Crippen molar-refractivity contribution in [1.82, 2.24) is 0 Å². The van der Waals surface area contributed by atoms with Crippen molar-refractivity contribution in [2.24, 2.45) is 45.4 Å². The van der Waals surface area contributed by atoms with Crippen LogP contribution in [0.15, 0.2) is 5.16 Å². The number of nitrogens with two attached hydrogens (primary N) is 1. The van der Waals surface area contributed by atoms with Crippen molar-refractivity contribution in [2.75, 3.05) is 13.2 Å². The number of fused-ring (bicyclic) bond motifs is 5. The molecule has 4 aliphatic carbocycles. The SMILES string of the molecule is C[C@H]1C[C@H]2[C@@H]3CCC(=O)[C@@]3(C)CC[C@@H]2[C@@]2(C)CCC(=NOCCN)C[C@]12O. The van der Waals surface area contributed by atoms with E-state index in [4.69, 9.17) is 10.6 Å². The largest absolute Gasteiger partial charge is 0.395 e. The fourth-order valence-corrected chi connectivity index (χ4v) is 7.51. The number of Topliss-reactive ketones (excluding diaryl/α,β-unsaturated/α-hetero) is 1. The summed E-state index contributed by atoms with van der Waals surface area (Å²) in [5.41, 5.74) is 5.53. The van der Waals surface area contributed by atoms with E-state index >= 15 is 0 Å². The van der Waals surface area contributed by atoms with Gasteiger partial charge in [-0.1, -0.05) is 25.9 Å². The predicted molar refractivity (Wildman–Crippen MR) is 105 cm³/mol. The molecule has 0 aromatic heterocycles. The van der Waals surface area contributed by atoms with E-state index in [1.54, 1.807) is 0 Å². The number of rotatable bonds is 3. The van der Waals surface area contributed by atoms with Gasteiger partial charge in [-0.15, -0.1) is 0 Å². The molecular formula is C22H36N2O3. The number of aliphatic hydroxyl groups is 1. The Kier molecular flexibility index (Phi) is 4.70. The molecule has 0 heterocycles. The number of hydrogen-bond acceptors (Lipinski definition) is 5. The maximum absolute atomic E-state index is 12.6. The molecule has 4 aliphatic rings. The van der Waals surface area contributed by atoms with Gasteiger partial charge >= 0.3 is 0 Å². The van der Waals surface area contributed by atoms with Gasteiger partial charge in [0.05, 0.1) is 11.3 Å². The molecule has 4 rings (SSSR count). The minimum Gasteiger partial charge on any atom is -0.395 e. The van der Waals surface area contributed by atoms with Crippen LogP contribution in [0.25, 0.3) is 0 Å². The van der Waals surface area contributed by atoms with Gasteiger partial charge in [-0.05, 0) is 62.2 Å². The van der Waals surface area contributed by atoms with Crippen molar-refractivity contribution in [3.05, 3.63) is 0 Å². The van der Waals surface area contributed by atoms with Crippen LogP contribution >= 0.6 is 0 Å². The molecule has 27 heavy (non-hydrogen) atoms. The van der Waals surface area contributed by atoms with Gasteiger partial charge in [0.1, 0.15) is 12.4 Å². The zero-order chi connectivity index (χ0) is 19.4. The highest BCUT2D eigenvalue weighted by molar-refractivity contribution is 5.87. The van der Waals surface area contributed by atoms with Crippen molar-refractivity contribution in [3.8, 4) is 0 Å². The molecule has 0 saturated heterocycles. The average Bonchev–Trinajstić information content (AvgIpc) is 2.93. The van der Waals surface area contributed by atoms with Crippen LogP contribution in [-0.4, -0.2) is 35.4 Å². The minimum atomic E-state index is -0.728. The van der Waals surface area contributed by atoms with E-state index in [1.807, 2.05) is 0 Å². The van der Waals surface area contributed by atoms with E-state index in [1.165, 1.54) is 0 Å². The van der Waals surface area contributed by atoms with Crippen LogP contribution < -0.4 is 5.73 Å². The summed E-state index contributed by atoms with van der Waals surface area (Å²) in [5.74, 6) is 2.29. The Bertz CT molecular complexity index is 649. The van der Waals surface area contributed by atoms with E-state index < -0.39 is 5.60 Å². The Labute approximate surface area is 163 Å². The van der Waals surface area contributed by atoms with Crippen LogP contribution in [0.3, 0.4) is 0 Å². The molecule has 0 radical (unpaired) electrons. The molecule has 4 fully saturated rings. The fourth-order valence-electron chi connectivity index (χ4n) is 7.51. The number of carbonyl (C=O) groups is 1. The minimum absolute atomic E-state index is 0.102. The lowest BCUT2D eigenvalue weighted by molar-refractivity contribution is -0.214. The first-order chi connectivity index (χ1) is 12.8. The van der Waals surface area contributed by atoms with Crippen LogP contribution in [0.5, 0.6) is 0 Å². The van der Waals surface area contributed by atoms with Crippen LogP contribution in [0.4, 0.5) is 0 Å². The number of ketones is 1. The van der Waals surface area contributed by atoms with Crippen molar-refractivity contribution in [3.63, 3.8) is 0 Å². The maximum Gasteiger partial charge on any atom is 0.139 e. The molecular weight excluding hydrogens is 340 g/mol. The lowest BCUT2D eigenvalue weighted by Gasteiger charge is -2.65. The Balaban J connectivity index is 1.62. The van der Waals surface area contributed by atoms with Gasteiger partial charge in [-0.3, -0.25) is 4.79 Å².